The monoisotopic (exact) mass is 327 g/mol. The lowest BCUT2D eigenvalue weighted by Crippen LogP contribution is -2.40. The van der Waals surface area contributed by atoms with Crippen molar-refractivity contribution in [2.75, 3.05) is 11.4 Å². The van der Waals surface area contributed by atoms with Gasteiger partial charge >= 0.3 is 0 Å². The van der Waals surface area contributed by atoms with E-state index in [0.717, 1.165) is 5.56 Å². The summed E-state index contributed by atoms with van der Waals surface area (Å²) >= 11 is 0. The van der Waals surface area contributed by atoms with Crippen LogP contribution in [0.5, 0.6) is 0 Å². The minimum absolute atomic E-state index is 0.0938. The summed E-state index contributed by atoms with van der Waals surface area (Å²) in [6.45, 7) is 0.368. The zero-order valence-electron chi connectivity index (χ0n) is 12.6. The van der Waals surface area contributed by atoms with Gasteiger partial charge in [-0.15, -0.1) is 0 Å². The second-order valence-electron chi connectivity index (χ2n) is 5.34. The molecule has 2 atom stereocenters. The first-order valence-corrected chi connectivity index (χ1v) is 7.35. The maximum absolute atomic E-state index is 13.9. The number of carbonyl (C=O) groups is 1. The van der Waals surface area contributed by atoms with Crippen LogP contribution in [0.15, 0.2) is 47.7 Å². The maximum Gasteiger partial charge on any atom is 0.240 e. The molecule has 0 fully saturated rings. The van der Waals surface area contributed by atoms with E-state index in [1.54, 1.807) is 12.3 Å². The quantitative estimate of drug-likeness (QED) is 0.530. The van der Waals surface area contributed by atoms with E-state index in [4.69, 9.17) is 5.53 Å². The summed E-state index contributed by atoms with van der Waals surface area (Å²) in [6.07, 6.45) is 0.593. The molecule has 1 aromatic carbocycles. The lowest BCUT2D eigenvalue weighted by molar-refractivity contribution is -0.122. The minimum Gasteiger partial charge on any atom is -0.387 e. The molecule has 0 radical (unpaired) electrons. The maximum atomic E-state index is 13.9. The summed E-state index contributed by atoms with van der Waals surface area (Å²) in [6, 6.07) is 7.67. The number of azide groups is 1. The molecule has 24 heavy (non-hydrogen) atoms. The fourth-order valence-corrected chi connectivity index (χ4v) is 2.77. The predicted molar refractivity (Wildman–Crippen MR) is 84.6 cm³/mol. The Bertz CT molecular complexity index is 822. The number of rotatable bonds is 4. The van der Waals surface area contributed by atoms with Crippen LogP contribution in [-0.4, -0.2) is 28.6 Å². The first kappa shape index (κ1) is 15.9. The second-order valence-corrected chi connectivity index (χ2v) is 5.34. The number of hydrogen-bond donors (Lipinski definition) is 1. The van der Waals surface area contributed by atoms with Gasteiger partial charge in [0.05, 0.1) is 6.10 Å². The molecule has 0 saturated heterocycles. The molecule has 3 rings (SSSR count). The normalized spacial score (nSPS) is 15.3. The third kappa shape index (κ3) is 2.80. The number of aromatic nitrogens is 1. The number of amides is 1. The van der Waals surface area contributed by atoms with Gasteiger partial charge in [-0.25, -0.2) is 9.37 Å². The van der Waals surface area contributed by atoms with Crippen molar-refractivity contribution in [1.29, 1.82) is 0 Å². The average Bonchev–Trinajstić information content (AvgIpc) is 3.03. The Morgan fingerprint density at radius 3 is 2.92 bits per heavy atom. The van der Waals surface area contributed by atoms with Crippen molar-refractivity contribution < 1.29 is 14.3 Å². The third-order valence-corrected chi connectivity index (χ3v) is 3.95. The van der Waals surface area contributed by atoms with Gasteiger partial charge in [0.25, 0.3) is 0 Å². The molecule has 0 unspecified atom stereocenters. The molecule has 1 aliphatic rings. The Labute approximate surface area is 137 Å². The molecule has 8 heteroatoms. The fraction of sp³-hybridized carbons (Fsp3) is 0.250. The molecule has 0 spiro atoms. The summed E-state index contributed by atoms with van der Waals surface area (Å²) in [5.74, 6) is -0.807. The molecule has 1 N–H and O–H groups in total. The number of nitrogens with zero attached hydrogens (tertiary/aromatic N) is 5. The van der Waals surface area contributed by atoms with Crippen LogP contribution >= 0.6 is 0 Å². The SMILES string of the molecule is [N-]=[N+]=N[C@@H](C(=O)N1CCc2cccnc21)[C@@H](O)c1ccccc1F. The fourth-order valence-electron chi connectivity index (χ4n) is 2.77. The molecule has 0 aliphatic carbocycles. The number of aliphatic hydroxyl groups excluding tert-OH is 1. The summed E-state index contributed by atoms with van der Waals surface area (Å²) in [5, 5.41) is 13.8. The lowest BCUT2D eigenvalue weighted by Gasteiger charge is -2.24. The Morgan fingerprint density at radius 2 is 2.17 bits per heavy atom. The van der Waals surface area contributed by atoms with Crippen LogP contribution in [0.1, 0.15) is 17.2 Å². The van der Waals surface area contributed by atoms with Gasteiger partial charge in [-0.05, 0) is 29.6 Å². The number of aliphatic hydroxyl groups is 1. The number of carbonyl (C=O) groups excluding carboxylic acids is 1. The predicted octanol–water partition coefficient (Wildman–Crippen LogP) is 2.52. The number of pyridine rings is 1. The van der Waals surface area contributed by atoms with Crippen molar-refractivity contribution in [2.45, 2.75) is 18.6 Å². The van der Waals surface area contributed by atoms with Gasteiger partial charge in [-0.2, -0.15) is 0 Å². The number of anilines is 1. The standard InChI is InChI=1S/C16H14FN5O2/c17-12-6-2-1-5-11(12)14(23)13(20-21-18)16(24)22-9-7-10-4-3-8-19-15(10)22/h1-6,8,13-14,23H,7,9H2/t13-,14+/m1/s1. The van der Waals surface area contributed by atoms with E-state index in [0.29, 0.717) is 18.8 Å². The molecule has 1 amide bonds. The molecule has 0 saturated carbocycles. The molecule has 7 nitrogen and oxygen atoms in total. The number of fused-ring (bicyclic) bond motifs is 1. The summed E-state index contributed by atoms with van der Waals surface area (Å²) in [4.78, 5) is 20.9. The Morgan fingerprint density at radius 1 is 1.38 bits per heavy atom. The molecule has 122 valence electrons. The van der Waals surface area contributed by atoms with Gasteiger partial charge in [-0.3, -0.25) is 9.69 Å². The first-order valence-electron chi connectivity index (χ1n) is 7.35. The summed E-state index contributed by atoms with van der Waals surface area (Å²) < 4.78 is 13.9. The highest BCUT2D eigenvalue weighted by Gasteiger charge is 2.36. The van der Waals surface area contributed by atoms with E-state index >= 15 is 0 Å². The van der Waals surface area contributed by atoms with E-state index in [9.17, 15) is 14.3 Å². The highest BCUT2D eigenvalue weighted by Crippen LogP contribution is 2.29. The van der Waals surface area contributed by atoms with Crippen LogP contribution in [0.2, 0.25) is 0 Å². The number of benzene rings is 1. The van der Waals surface area contributed by atoms with E-state index in [1.807, 2.05) is 6.07 Å². The average molecular weight is 327 g/mol. The van der Waals surface area contributed by atoms with Gasteiger partial charge in [0.15, 0.2) is 0 Å². The van der Waals surface area contributed by atoms with Crippen molar-refractivity contribution in [3.05, 3.63) is 70.0 Å². The zero-order chi connectivity index (χ0) is 17.1. The van der Waals surface area contributed by atoms with Gasteiger partial charge in [0.2, 0.25) is 5.91 Å². The van der Waals surface area contributed by atoms with E-state index < -0.39 is 23.9 Å². The van der Waals surface area contributed by atoms with Crippen LogP contribution in [0.3, 0.4) is 0 Å². The molecule has 2 aromatic rings. The van der Waals surface area contributed by atoms with Crippen LogP contribution in [0.25, 0.3) is 10.4 Å². The third-order valence-electron chi connectivity index (χ3n) is 3.95. The zero-order valence-corrected chi connectivity index (χ0v) is 12.6. The van der Waals surface area contributed by atoms with Gasteiger partial charge in [0.1, 0.15) is 17.7 Å². The number of hydrogen-bond acceptors (Lipinski definition) is 4. The smallest absolute Gasteiger partial charge is 0.240 e. The Hall–Kier alpha value is -2.96. The minimum atomic E-state index is -1.58. The molecule has 1 aromatic heterocycles. The van der Waals surface area contributed by atoms with Gasteiger partial charge in [-0.1, -0.05) is 29.4 Å². The van der Waals surface area contributed by atoms with Crippen molar-refractivity contribution >= 4 is 11.7 Å². The second kappa shape index (κ2) is 6.66. The molecular formula is C16H14FN5O2. The van der Waals surface area contributed by atoms with Crippen LogP contribution in [0, 0.1) is 5.82 Å². The molecule has 0 bridgehead atoms. The lowest BCUT2D eigenvalue weighted by atomic mass is 10.0. The van der Waals surface area contributed by atoms with Gasteiger partial charge < -0.3 is 5.11 Å². The van der Waals surface area contributed by atoms with Crippen LogP contribution in [-0.2, 0) is 11.2 Å². The summed E-state index contributed by atoms with van der Waals surface area (Å²) in [7, 11) is 0. The highest BCUT2D eigenvalue weighted by atomic mass is 19.1. The van der Waals surface area contributed by atoms with E-state index in [1.165, 1.54) is 29.2 Å². The largest absolute Gasteiger partial charge is 0.387 e. The van der Waals surface area contributed by atoms with Gasteiger partial charge in [0, 0.05) is 23.2 Å². The number of halogens is 1. The Balaban J connectivity index is 1.93. The Kier molecular flexibility index (Phi) is 4.41. The van der Waals surface area contributed by atoms with Crippen molar-refractivity contribution in [2.24, 2.45) is 5.11 Å². The van der Waals surface area contributed by atoms with Crippen LogP contribution in [0.4, 0.5) is 10.2 Å². The van der Waals surface area contributed by atoms with Crippen molar-refractivity contribution in [3.8, 4) is 0 Å². The topological polar surface area (TPSA) is 102 Å². The highest BCUT2D eigenvalue weighted by molar-refractivity contribution is 5.98. The molecule has 1 aliphatic heterocycles. The molecular weight excluding hydrogens is 313 g/mol. The van der Waals surface area contributed by atoms with Crippen molar-refractivity contribution in [1.82, 2.24) is 4.98 Å². The van der Waals surface area contributed by atoms with E-state index in [-0.39, 0.29) is 5.56 Å². The van der Waals surface area contributed by atoms with Crippen LogP contribution < -0.4 is 4.90 Å². The molecule has 2 heterocycles. The first-order chi connectivity index (χ1) is 11.6. The van der Waals surface area contributed by atoms with E-state index in [2.05, 4.69) is 15.0 Å². The van der Waals surface area contributed by atoms with Crippen molar-refractivity contribution in [3.63, 3.8) is 0 Å². The summed E-state index contributed by atoms with van der Waals surface area (Å²) in [5.41, 5.74) is 9.56.